The van der Waals surface area contributed by atoms with Crippen molar-refractivity contribution < 1.29 is 9.47 Å². The monoisotopic (exact) mass is 478 g/mol. The largest absolute Gasteiger partial charge is 0.454 e. The van der Waals surface area contributed by atoms with E-state index in [1.54, 1.807) is 24.3 Å². The van der Waals surface area contributed by atoms with Crippen molar-refractivity contribution in [3.05, 3.63) is 67.4 Å². The summed E-state index contributed by atoms with van der Waals surface area (Å²) >= 11 is 12.4. The summed E-state index contributed by atoms with van der Waals surface area (Å²) < 4.78 is 14.0. The van der Waals surface area contributed by atoms with Gasteiger partial charge in [0.25, 0.3) is 11.1 Å². The number of nitrogens with zero attached hydrogens (tertiary/aromatic N) is 4. The molecule has 0 bridgehead atoms. The number of ether oxygens (including phenoxy) is 2. The molecule has 2 heterocycles. The first-order valence-corrected chi connectivity index (χ1v) is 10.6. The number of aromatic nitrogens is 4. The number of benzene rings is 1. The van der Waals surface area contributed by atoms with Crippen molar-refractivity contribution in [2.24, 2.45) is 0 Å². The van der Waals surface area contributed by atoms with Crippen LogP contribution >= 0.6 is 23.2 Å². The van der Waals surface area contributed by atoms with E-state index in [2.05, 4.69) is 10.2 Å². The lowest BCUT2D eigenvalue weighted by Gasteiger charge is -2.21. The topological polar surface area (TPSA) is 88.2 Å². The summed E-state index contributed by atoms with van der Waals surface area (Å²) in [6.45, 7) is 11.1. The fourth-order valence-corrected chi connectivity index (χ4v) is 3.10. The molecule has 0 spiro atoms. The smallest absolute Gasteiger partial charge is 0.289 e. The summed E-state index contributed by atoms with van der Waals surface area (Å²) in [5.41, 5.74) is -1.91. The van der Waals surface area contributed by atoms with Crippen LogP contribution in [-0.2, 0) is 11.1 Å². The Kier molecular flexibility index (Phi) is 6.40. The van der Waals surface area contributed by atoms with Gasteiger partial charge in [-0.25, -0.2) is 9.36 Å². The first-order chi connectivity index (χ1) is 14.8. The molecule has 8 nitrogen and oxygen atoms in total. The van der Waals surface area contributed by atoms with Gasteiger partial charge in [-0.2, -0.15) is 10.2 Å². The van der Waals surface area contributed by atoms with Gasteiger partial charge in [-0.05, 0) is 65.8 Å². The van der Waals surface area contributed by atoms with E-state index in [1.165, 1.54) is 21.8 Å². The summed E-state index contributed by atoms with van der Waals surface area (Å²) in [5.74, 6) is 1.12. The van der Waals surface area contributed by atoms with E-state index in [0.29, 0.717) is 11.5 Å². The third kappa shape index (κ3) is 4.97. The van der Waals surface area contributed by atoms with Crippen LogP contribution in [0.5, 0.6) is 23.0 Å². The maximum Gasteiger partial charge on any atom is 0.289 e. The molecular formula is C22H24Cl2N4O4. The fraction of sp³-hybridized carbons (Fsp3) is 0.364. The number of rotatable bonds is 4. The average molecular weight is 479 g/mol. The van der Waals surface area contributed by atoms with Gasteiger partial charge < -0.3 is 9.47 Å². The van der Waals surface area contributed by atoms with E-state index < -0.39 is 22.2 Å². The van der Waals surface area contributed by atoms with Crippen LogP contribution in [0.15, 0.2) is 46.2 Å². The lowest BCUT2D eigenvalue weighted by atomic mass is 10.1. The molecule has 2 aromatic heterocycles. The van der Waals surface area contributed by atoms with Crippen molar-refractivity contribution in [3.8, 4) is 23.0 Å². The maximum atomic E-state index is 12.5. The highest BCUT2D eigenvalue weighted by molar-refractivity contribution is 6.32. The fourth-order valence-electron chi connectivity index (χ4n) is 2.76. The molecule has 32 heavy (non-hydrogen) atoms. The highest BCUT2D eigenvalue weighted by atomic mass is 35.5. The molecule has 0 aliphatic rings. The third-order valence-corrected chi connectivity index (χ3v) is 5.02. The molecule has 0 N–H and O–H groups in total. The normalized spacial score (nSPS) is 12.0. The molecule has 0 saturated heterocycles. The molecule has 0 atom stereocenters. The molecule has 0 aliphatic carbocycles. The van der Waals surface area contributed by atoms with E-state index in [9.17, 15) is 9.59 Å². The van der Waals surface area contributed by atoms with Crippen molar-refractivity contribution in [1.29, 1.82) is 0 Å². The van der Waals surface area contributed by atoms with Gasteiger partial charge in [-0.1, -0.05) is 23.2 Å². The molecule has 0 amide bonds. The zero-order valence-corrected chi connectivity index (χ0v) is 20.2. The minimum absolute atomic E-state index is 0.0625. The third-order valence-electron chi connectivity index (χ3n) is 4.32. The van der Waals surface area contributed by atoms with Gasteiger partial charge in [0.1, 0.15) is 11.5 Å². The number of halogens is 2. The van der Waals surface area contributed by atoms with E-state index in [1.807, 2.05) is 41.5 Å². The van der Waals surface area contributed by atoms with Gasteiger partial charge >= 0.3 is 0 Å². The Morgan fingerprint density at radius 2 is 1.00 bits per heavy atom. The van der Waals surface area contributed by atoms with E-state index in [4.69, 9.17) is 32.7 Å². The van der Waals surface area contributed by atoms with Crippen LogP contribution in [0.25, 0.3) is 0 Å². The minimum Gasteiger partial charge on any atom is -0.454 e. The van der Waals surface area contributed by atoms with Crippen molar-refractivity contribution in [3.63, 3.8) is 0 Å². The van der Waals surface area contributed by atoms with E-state index >= 15 is 0 Å². The Balaban J connectivity index is 1.80. The van der Waals surface area contributed by atoms with Crippen LogP contribution in [-0.4, -0.2) is 19.6 Å². The standard InChI is InChI=1S/C22H24Cl2N4O4/c1-21(2,3)27-19(29)17(23)15(11-25-27)31-13-7-9-14(10-8-13)32-16-12-26-28(22(4,5)6)20(30)18(16)24/h7-12H,1-6H3. The Labute approximate surface area is 195 Å². The predicted octanol–water partition coefficient (Wildman–Crippen LogP) is 5.20. The lowest BCUT2D eigenvalue weighted by Crippen LogP contribution is -2.36. The summed E-state index contributed by atoms with van der Waals surface area (Å²) in [6.07, 6.45) is 2.80. The zero-order valence-electron chi connectivity index (χ0n) is 18.6. The van der Waals surface area contributed by atoms with E-state index in [0.717, 1.165) is 0 Å². The molecule has 1 aromatic carbocycles. The first kappa shape index (κ1) is 23.8. The maximum absolute atomic E-state index is 12.5. The van der Waals surface area contributed by atoms with Gasteiger partial charge in [-0.15, -0.1) is 0 Å². The molecule has 0 radical (unpaired) electrons. The average Bonchev–Trinajstić information content (AvgIpc) is 2.68. The minimum atomic E-state index is -0.512. The second-order valence-corrected chi connectivity index (χ2v) is 9.85. The van der Waals surface area contributed by atoms with Crippen LogP contribution < -0.4 is 20.6 Å². The Bertz CT molecular complexity index is 1150. The molecule has 10 heteroatoms. The summed E-state index contributed by atoms with van der Waals surface area (Å²) in [6, 6.07) is 6.49. The Hall–Kier alpha value is -2.84. The Morgan fingerprint density at radius 3 is 1.28 bits per heavy atom. The second kappa shape index (κ2) is 8.60. The van der Waals surface area contributed by atoms with Crippen molar-refractivity contribution in [2.75, 3.05) is 0 Å². The molecular weight excluding hydrogens is 455 g/mol. The van der Waals surface area contributed by atoms with Crippen molar-refractivity contribution in [2.45, 2.75) is 52.6 Å². The van der Waals surface area contributed by atoms with Crippen LogP contribution in [0.3, 0.4) is 0 Å². The van der Waals surface area contributed by atoms with Gasteiger partial charge in [0, 0.05) is 0 Å². The van der Waals surface area contributed by atoms with Crippen LogP contribution in [0.4, 0.5) is 0 Å². The van der Waals surface area contributed by atoms with Gasteiger partial charge in [-0.3, -0.25) is 9.59 Å². The number of hydrogen-bond donors (Lipinski definition) is 0. The molecule has 3 rings (SSSR count). The van der Waals surface area contributed by atoms with Gasteiger partial charge in [0.15, 0.2) is 21.5 Å². The van der Waals surface area contributed by atoms with Crippen LogP contribution in [0.2, 0.25) is 10.0 Å². The quantitative estimate of drug-likeness (QED) is 0.511. The molecule has 3 aromatic rings. The SMILES string of the molecule is CC(C)(C)n1ncc(Oc2ccc(Oc3cnn(C(C)(C)C)c(=O)c3Cl)cc2)c(Cl)c1=O. The summed E-state index contributed by atoms with van der Waals surface area (Å²) in [7, 11) is 0. The van der Waals surface area contributed by atoms with E-state index in [-0.39, 0.29) is 21.5 Å². The number of hydrogen-bond acceptors (Lipinski definition) is 6. The summed E-state index contributed by atoms with van der Waals surface area (Å²) in [5, 5.41) is 8.15. The molecule has 0 unspecified atom stereocenters. The summed E-state index contributed by atoms with van der Waals surface area (Å²) in [4.78, 5) is 24.9. The van der Waals surface area contributed by atoms with Crippen LogP contribution in [0, 0.1) is 0 Å². The molecule has 0 saturated carbocycles. The first-order valence-electron chi connectivity index (χ1n) is 9.81. The lowest BCUT2D eigenvalue weighted by molar-refractivity contribution is 0.332. The molecule has 0 aliphatic heterocycles. The Morgan fingerprint density at radius 1 is 0.688 bits per heavy atom. The van der Waals surface area contributed by atoms with Gasteiger partial charge in [0.2, 0.25) is 0 Å². The van der Waals surface area contributed by atoms with Crippen molar-refractivity contribution in [1.82, 2.24) is 19.6 Å². The van der Waals surface area contributed by atoms with Crippen LogP contribution in [0.1, 0.15) is 41.5 Å². The van der Waals surface area contributed by atoms with Crippen molar-refractivity contribution >= 4 is 23.2 Å². The predicted molar refractivity (Wildman–Crippen MR) is 124 cm³/mol. The highest BCUT2D eigenvalue weighted by Crippen LogP contribution is 2.31. The molecule has 170 valence electrons. The second-order valence-electron chi connectivity index (χ2n) is 9.10. The molecule has 0 fully saturated rings. The highest BCUT2D eigenvalue weighted by Gasteiger charge is 2.21. The zero-order chi connectivity index (χ0) is 23.8. The van der Waals surface area contributed by atoms with Gasteiger partial charge in [0.05, 0.1) is 23.5 Å².